The van der Waals surface area contributed by atoms with E-state index in [-0.39, 0.29) is 11.7 Å². The molecule has 2 N–H and O–H groups in total. The number of nitrogens with zero attached hydrogens (tertiary/aromatic N) is 1. The molecule has 0 unspecified atom stereocenters. The Morgan fingerprint density at radius 3 is 2.70 bits per heavy atom. The number of anilines is 2. The molecule has 1 atom stereocenters. The van der Waals surface area contributed by atoms with Gasteiger partial charge in [-0.3, -0.25) is 4.79 Å². The van der Waals surface area contributed by atoms with Crippen molar-refractivity contribution in [2.24, 2.45) is 0 Å². The van der Waals surface area contributed by atoms with E-state index in [9.17, 15) is 9.18 Å². The standard InChI is InChI=1S/C14H12FN3OS/c1-9(17-12-4-2-11(15)3-5-12)13(19)18-14-10(8-16)6-7-20-14/h2-7,9,17H,1H3,(H,18,19)/t9-/m0/s1. The van der Waals surface area contributed by atoms with Crippen LogP contribution in [0.5, 0.6) is 0 Å². The average Bonchev–Trinajstić information content (AvgIpc) is 2.88. The first-order valence-electron chi connectivity index (χ1n) is 5.90. The van der Waals surface area contributed by atoms with Crippen molar-refractivity contribution in [2.45, 2.75) is 13.0 Å². The molecule has 0 aliphatic heterocycles. The molecular weight excluding hydrogens is 277 g/mol. The molecule has 0 aliphatic rings. The molecule has 0 bridgehead atoms. The van der Waals surface area contributed by atoms with Gasteiger partial charge in [-0.25, -0.2) is 4.39 Å². The van der Waals surface area contributed by atoms with Crippen LogP contribution in [-0.4, -0.2) is 11.9 Å². The fourth-order valence-electron chi connectivity index (χ4n) is 1.58. The molecule has 0 saturated heterocycles. The third-order valence-electron chi connectivity index (χ3n) is 2.64. The van der Waals surface area contributed by atoms with Crippen LogP contribution in [0.1, 0.15) is 12.5 Å². The topological polar surface area (TPSA) is 64.9 Å². The number of halogens is 1. The lowest BCUT2D eigenvalue weighted by Crippen LogP contribution is -2.31. The molecule has 2 rings (SSSR count). The van der Waals surface area contributed by atoms with Crippen LogP contribution in [0.3, 0.4) is 0 Å². The summed E-state index contributed by atoms with van der Waals surface area (Å²) in [6, 6.07) is 8.91. The van der Waals surface area contributed by atoms with Crippen molar-refractivity contribution in [3.63, 3.8) is 0 Å². The van der Waals surface area contributed by atoms with Gasteiger partial charge in [0.05, 0.1) is 5.56 Å². The second-order valence-corrected chi connectivity index (χ2v) is 5.05. The lowest BCUT2D eigenvalue weighted by molar-refractivity contribution is -0.116. The van der Waals surface area contributed by atoms with E-state index in [1.54, 1.807) is 30.5 Å². The number of benzene rings is 1. The van der Waals surface area contributed by atoms with Crippen LogP contribution in [0.4, 0.5) is 15.1 Å². The van der Waals surface area contributed by atoms with Crippen LogP contribution in [-0.2, 0) is 4.79 Å². The molecule has 1 amide bonds. The van der Waals surface area contributed by atoms with Gasteiger partial charge in [-0.2, -0.15) is 5.26 Å². The summed E-state index contributed by atoms with van der Waals surface area (Å²) in [5.74, 6) is -0.585. The smallest absolute Gasteiger partial charge is 0.247 e. The molecule has 0 radical (unpaired) electrons. The van der Waals surface area contributed by atoms with Crippen molar-refractivity contribution in [3.05, 3.63) is 47.1 Å². The summed E-state index contributed by atoms with van der Waals surface area (Å²) in [5, 5.41) is 16.8. The highest BCUT2D eigenvalue weighted by atomic mass is 32.1. The van der Waals surface area contributed by atoms with Gasteiger partial charge in [0, 0.05) is 5.69 Å². The largest absolute Gasteiger partial charge is 0.374 e. The summed E-state index contributed by atoms with van der Waals surface area (Å²) in [6.07, 6.45) is 0. The molecule has 102 valence electrons. The predicted octanol–water partition coefficient (Wildman–Crippen LogP) is 3.20. The number of thiophene rings is 1. The van der Waals surface area contributed by atoms with Gasteiger partial charge in [0.2, 0.25) is 5.91 Å². The number of hydrogen-bond donors (Lipinski definition) is 2. The maximum absolute atomic E-state index is 12.8. The van der Waals surface area contributed by atoms with Crippen LogP contribution < -0.4 is 10.6 Å². The summed E-state index contributed by atoms with van der Waals surface area (Å²) in [7, 11) is 0. The molecule has 0 saturated carbocycles. The van der Waals surface area contributed by atoms with Gasteiger partial charge in [0.15, 0.2) is 0 Å². The molecule has 1 heterocycles. The van der Waals surface area contributed by atoms with Gasteiger partial charge in [0.25, 0.3) is 0 Å². The first kappa shape index (κ1) is 14.0. The SMILES string of the molecule is C[C@H](Nc1ccc(F)cc1)C(=O)Nc1sccc1C#N. The first-order chi connectivity index (χ1) is 9.60. The summed E-state index contributed by atoms with van der Waals surface area (Å²) >= 11 is 1.30. The number of nitrogens with one attached hydrogen (secondary N) is 2. The Morgan fingerprint density at radius 2 is 2.05 bits per heavy atom. The van der Waals surface area contributed by atoms with E-state index in [0.29, 0.717) is 16.3 Å². The molecule has 0 fully saturated rings. The van der Waals surface area contributed by atoms with Crippen molar-refractivity contribution in [1.29, 1.82) is 5.26 Å². The molecule has 0 spiro atoms. The van der Waals surface area contributed by atoms with Crippen molar-refractivity contribution in [2.75, 3.05) is 10.6 Å². The summed E-state index contributed by atoms with van der Waals surface area (Å²) in [5.41, 5.74) is 1.10. The zero-order chi connectivity index (χ0) is 14.5. The van der Waals surface area contributed by atoms with Crippen LogP contribution >= 0.6 is 11.3 Å². The van der Waals surface area contributed by atoms with E-state index in [0.717, 1.165) is 0 Å². The molecule has 4 nitrogen and oxygen atoms in total. The highest BCUT2D eigenvalue weighted by Gasteiger charge is 2.15. The van der Waals surface area contributed by atoms with Crippen molar-refractivity contribution >= 4 is 27.9 Å². The Bertz CT molecular complexity index is 645. The van der Waals surface area contributed by atoms with Crippen molar-refractivity contribution in [1.82, 2.24) is 0 Å². The maximum atomic E-state index is 12.8. The normalized spacial score (nSPS) is 11.4. The fraction of sp³-hybridized carbons (Fsp3) is 0.143. The van der Waals surface area contributed by atoms with Gasteiger partial charge in [0.1, 0.15) is 22.9 Å². The molecule has 0 aliphatic carbocycles. The van der Waals surface area contributed by atoms with Crippen LogP contribution in [0.25, 0.3) is 0 Å². The van der Waals surface area contributed by atoms with Gasteiger partial charge in [-0.05, 0) is 42.6 Å². The van der Waals surface area contributed by atoms with Crippen LogP contribution in [0.2, 0.25) is 0 Å². The minimum absolute atomic E-state index is 0.256. The molecule has 1 aromatic carbocycles. The van der Waals surface area contributed by atoms with Crippen LogP contribution in [0, 0.1) is 17.1 Å². The lowest BCUT2D eigenvalue weighted by atomic mass is 10.2. The van der Waals surface area contributed by atoms with E-state index in [2.05, 4.69) is 10.6 Å². The van der Waals surface area contributed by atoms with Crippen molar-refractivity contribution in [3.8, 4) is 6.07 Å². The van der Waals surface area contributed by atoms with Gasteiger partial charge in [-0.15, -0.1) is 11.3 Å². The minimum atomic E-state index is -0.505. The van der Waals surface area contributed by atoms with E-state index in [1.807, 2.05) is 6.07 Å². The molecular formula is C14H12FN3OS. The number of nitriles is 1. The highest BCUT2D eigenvalue weighted by Crippen LogP contribution is 2.22. The summed E-state index contributed by atoms with van der Waals surface area (Å²) < 4.78 is 12.8. The predicted molar refractivity (Wildman–Crippen MR) is 77.1 cm³/mol. The van der Waals surface area contributed by atoms with Gasteiger partial charge in [-0.1, -0.05) is 0 Å². The van der Waals surface area contributed by atoms with Crippen LogP contribution in [0.15, 0.2) is 35.7 Å². The fourth-order valence-corrected chi connectivity index (χ4v) is 2.32. The van der Waals surface area contributed by atoms with Gasteiger partial charge < -0.3 is 10.6 Å². The Morgan fingerprint density at radius 1 is 1.35 bits per heavy atom. The second kappa shape index (κ2) is 6.17. The Labute approximate surface area is 119 Å². The summed E-state index contributed by atoms with van der Waals surface area (Å²) in [6.45, 7) is 1.69. The highest BCUT2D eigenvalue weighted by molar-refractivity contribution is 7.14. The molecule has 2 aromatic rings. The van der Waals surface area contributed by atoms with E-state index >= 15 is 0 Å². The summed E-state index contributed by atoms with van der Waals surface area (Å²) in [4.78, 5) is 12.0. The average molecular weight is 289 g/mol. The monoisotopic (exact) mass is 289 g/mol. The molecule has 6 heteroatoms. The third kappa shape index (κ3) is 3.33. The minimum Gasteiger partial charge on any atom is -0.374 e. The number of rotatable bonds is 4. The van der Waals surface area contributed by atoms with Crippen molar-refractivity contribution < 1.29 is 9.18 Å². The first-order valence-corrected chi connectivity index (χ1v) is 6.78. The lowest BCUT2D eigenvalue weighted by Gasteiger charge is -2.14. The number of carbonyl (C=O) groups excluding carboxylic acids is 1. The Hall–Kier alpha value is -2.39. The third-order valence-corrected chi connectivity index (χ3v) is 3.47. The second-order valence-electron chi connectivity index (χ2n) is 4.14. The Balaban J connectivity index is 1.99. The zero-order valence-corrected chi connectivity index (χ0v) is 11.5. The van der Waals surface area contributed by atoms with Gasteiger partial charge >= 0.3 is 0 Å². The molecule has 1 aromatic heterocycles. The van der Waals surface area contributed by atoms with E-state index in [4.69, 9.17) is 5.26 Å². The Kier molecular flexibility index (Phi) is 4.33. The quantitative estimate of drug-likeness (QED) is 0.908. The maximum Gasteiger partial charge on any atom is 0.247 e. The zero-order valence-electron chi connectivity index (χ0n) is 10.7. The number of hydrogen-bond acceptors (Lipinski definition) is 4. The van der Waals surface area contributed by atoms with E-state index in [1.165, 1.54) is 23.5 Å². The number of carbonyl (C=O) groups is 1. The van der Waals surface area contributed by atoms with E-state index < -0.39 is 6.04 Å². The number of amides is 1. The molecule has 20 heavy (non-hydrogen) atoms.